The maximum Gasteiger partial charge on any atom is 0.342 e. The second-order valence-electron chi connectivity index (χ2n) is 7.92. The first-order valence-electron chi connectivity index (χ1n) is 11.0. The van der Waals surface area contributed by atoms with E-state index >= 15 is 0 Å². The molecule has 6 nitrogen and oxygen atoms in total. The molecular formula is C27H19Cl2NO5S. The van der Waals surface area contributed by atoms with E-state index in [0.717, 1.165) is 0 Å². The molecule has 0 aliphatic rings. The summed E-state index contributed by atoms with van der Waals surface area (Å²) >= 11 is 12.2. The molecule has 0 amide bonds. The molecule has 36 heavy (non-hydrogen) atoms. The largest absolute Gasteiger partial charge is 0.462 e. The third kappa shape index (κ3) is 4.30. The maximum atomic E-state index is 13.3. The molecule has 0 aliphatic heterocycles. The average Bonchev–Trinajstić information content (AvgIpc) is 3.26. The van der Waals surface area contributed by atoms with Crippen LogP contribution >= 0.6 is 23.2 Å². The van der Waals surface area contributed by atoms with Crippen LogP contribution in [0.15, 0.2) is 88.2 Å². The minimum Gasteiger partial charge on any atom is -0.462 e. The Balaban J connectivity index is 1.79. The zero-order valence-corrected chi connectivity index (χ0v) is 21.2. The average molecular weight is 540 g/mol. The molecule has 0 fully saturated rings. The first-order chi connectivity index (χ1) is 17.3. The summed E-state index contributed by atoms with van der Waals surface area (Å²) in [6.07, 6.45) is 0. The Morgan fingerprint density at radius 1 is 0.917 bits per heavy atom. The van der Waals surface area contributed by atoms with Gasteiger partial charge in [0.25, 0.3) is 10.0 Å². The number of esters is 1. The van der Waals surface area contributed by atoms with Gasteiger partial charge in [0.15, 0.2) is 0 Å². The van der Waals surface area contributed by atoms with E-state index in [-0.39, 0.29) is 32.8 Å². The monoisotopic (exact) mass is 539 g/mol. The van der Waals surface area contributed by atoms with Crippen LogP contribution in [-0.4, -0.2) is 21.0 Å². The topological polar surface area (TPSA) is 85.6 Å². The highest BCUT2D eigenvalue weighted by Crippen LogP contribution is 2.41. The van der Waals surface area contributed by atoms with Gasteiger partial charge in [0.1, 0.15) is 21.8 Å². The van der Waals surface area contributed by atoms with Crippen molar-refractivity contribution in [2.24, 2.45) is 0 Å². The summed E-state index contributed by atoms with van der Waals surface area (Å²) in [5, 5.41) is 1.88. The first kappa shape index (κ1) is 24.2. The number of fused-ring (bicyclic) bond motifs is 3. The Morgan fingerprint density at radius 3 is 2.33 bits per heavy atom. The lowest BCUT2D eigenvalue weighted by atomic mass is 10.0. The minimum absolute atomic E-state index is 0.0270. The van der Waals surface area contributed by atoms with E-state index in [1.54, 1.807) is 31.2 Å². The molecule has 0 saturated carbocycles. The van der Waals surface area contributed by atoms with Crippen molar-refractivity contribution in [1.29, 1.82) is 0 Å². The van der Waals surface area contributed by atoms with Gasteiger partial charge in [0.05, 0.1) is 17.3 Å². The number of ether oxygens (including phenoxy) is 1. The number of anilines is 1. The van der Waals surface area contributed by atoms with Crippen LogP contribution in [0.2, 0.25) is 10.0 Å². The van der Waals surface area contributed by atoms with Crippen LogP contribution in [0.4, 0.5) is 5.69 Å². The van der Waals surface area contributed by atoms with E-state index in [1.165, 1.54) is 18.2 Å². The second-order valence-corrected chi connectivity index (χ2v) is 10.4. The molecule has 0 bridgehead atoms. The number of carbonyl (C=O) groups excluding carboxylic acids is 1. The zero-order valence-electron chi connectivity index (χ0n) is 18.9. The number of carbonyl (C=O) groups is 1. The lowest BCUT2D eigenvalue weighted by molar-refractivity contribution is 0.0528. The summed E-state index contributed by atoms with van der Waals surface area (Å²) < 4.78 is 40.9. The molecule has 0 unspecified atom stereocenters. The van der Waals surface area contributed by atoms with Gasteiger partial charge in [-0.3, -0.25) is 4.72 Å². The summed E-state index contributed by atoms with van der Waals surface area (Å²) in [4.78, 5) is 12.9. The molecule has 0 aliphatic carbocycles. The van der Waals surface area contributed by atoms with E-state index < -0.39 is 16.0 Å². The SMILES string of the molecule is CCOC(=O)c1c(-c2ccccc2)oc2c1cc(NS(=O)(=O)c1cc(Cl)ccc1Cl)c1ccccc12. The van der Waals surface area contributed by atoms with Crippen molar-refractivity contribution in [3.63, 3.8) is 0 Å². The molecule has 1 N–H and O–H groups in total. The van der Waals surface area contributed by atoms with Gasteiger partial charge in [-0.25, -0.2) is 13.2 Å². The van der Waals surface area contributed by atoms with Gasteiger partial charge in [-0.15, -0.1) is 0 Å². The number of sulfonamides is 1. The summed E-state index contributed by atoms with van der Waals surface area (Å²) in [5.41, 5.74) is 1.59. The number of benzene rings is 4. The molecule has 0 radical (unpaired) electrons. The smallest absolute Gasteiger partial charge is 0.342 e. The highest BCUT2D eigenvalue weighted by atomic mass is 35.5. The van der Waals surface area contributed by atoms with Crippen LogP contribution in [0, 0.1) is 0 Å². The van der Waals surface area contributed by atoms with E-state index in [0.29, 0.717) is 33.1 Å². The Bertz CT molecular complexity index is 1730. The highest BCUT2D eigenvalue weighted by molar-refractivity contribution is 7.92. The van der Waals surface area contributed by atoms with Crippen molar-refractivity contribution >= 4 is 66.6 Å². The Morgan fingerprint density at radius 2 is 1.61 bits per heavy atom. The molecule has 1 aromatic heterocycles. The molecule has 5 aromatic rings. The van der Waals surface area contributed by atoms with E-state index in [4.69, 9.17) is 32.4 Å². The Labute approximate surface area is 217 Å². The fourth-order valence-corrected chi connectivity index (χ4v) is 5.92. The van der Waals surface area contributed by atoms with Crippen LogP contribution in [-0.2, 0) is 14.8 Å². The lowest BCUT2D eigenvalue weighted by Crippen LogP contribution is -2.14. The zero-order chi connectivity index (χ0) is 25.4. The normalized spacial score (nSPS) is 11.6. The third-order valence-corrected chi connectivity index (χ3v) is 7.72. The van der Waals surface area contributed by atoms with Crippen molar-refractivity contribution in [3.8, 4) is 11.3 Å². The number of nitrogens with one attached hydrogen (secondary N) is 1. The van der Waals surface area contributed by atoms with Crippen molar-refractivity contribution in [2.45, 2.75) is 11.8 Å². The minimum atomic E-state index is -4.13. The van der Waals surface area contributed by atoms with Gasteiger partial charge in [-0.2, -0.15) is 0 Å². The number of rotatable bonds is 6. The van der Waals surface area contributed by atoms with Crippen LogP contribution in [0.5, 0.6) is 0 Å². The van der Waals surface area contributed by atoms with Gasteiger partial charge < -0.3 is 9.15 Å². The molecule has 0 saturated heterocycles. The van der Waals surface area contributed by atoms with Crippen molar-refractivity contribution in [2.75, 3.05) is 11.3 Å². The van der Waals surface area contributed by atoms with Gasteiger partial charge in [-0.05, 0) is 31.2 Å². The highest BCUT2D eigenvalue weighted by Gasteiger charge is 2.27. The number of hydrogen-bond acceptors (Lipinski definition) is 5. The maximum absolute atomic E-state index is 13.3. The number of furan rings is 1. The van der Waals surface area contributed by atoms with Crippen molar-refractivity contribution < 1.29 is 22.4 Å². The van der Waals surface area contributed by atoms with E-state index in [2.05, 4.69) is 4.72 Å². The molecule has 4 aromatic carbocycles. The van der Waals surface area contributed by atoms with Crippen LogP contribution < -0.4 is 4.72 Å². The number of hydrogen-bond donors (Lipinski definition) is 1. The first-order valence-corrected chi connectivity index (χ1v) is 13.2. The van der Waals surface area contributed by atoms with Crippen LogP contribution in [0.1, 0.15) is 17.3 Å². The summed E-state index contributed by atoms with van der Waals surface area (Å²) in [5.74, 6) is -0.232. The molecule has 9 heteroatoms. The van der Waals surface area contributed by atoms with E-state index in [9.17, 15) is 13.2 Å². The Hall–Kier alpha value is -3.52. The fourth-order valence-electron chi connectivity index (χ4n) is 4.09. The van der Waals surface area contributed by atoms with Gasteiger partial charge in [0, 0.05) is 26.7 Å². The standard InChI is InChI=1S/C27H19Cl2NO5S/c1-2-34-27(31)24-20-15-22(30-36(32,33)23-14-17(28)12-13-21(23)29)18-10-6-7-11-19(18)26(20)35-25(24)16-8-4-3-5-9-16/h3-15,30H,2H2,1H3. The molecule has 0 spiro atoms. The predicted molar refractivity (Wildman–Crippen MR) is 142 cm³/mol. The predicted octanol–water partition coefficient (Wildman–Crippen LogP) is 7.54. The van der Waals surface area contributed by atoms with Gasteiger partial charge in [0.2, 0.25) is 0 Å². The fraction of sp³-hybridized carbons (Fsp3) is 0.0741. The summed E-state index contributed by atoms with van der Waals surface area (Å²) in [6, 6.07) is 22.1. The molecule has 0 atom stereocenters. The summed E-state index contributed by atoms with van der Waals surface area (Å²) in [6.45, 7) is 1.88. The van der Waals surface area contributed by atoms with Gasteiger partial charge in [-0.1, -0.05) is 77.8 Å². The van der Waals surface area contributed by atoms with Gasteiger partial charge >= 0.3 is 5.97 Å². The van der Waals surface area contributed by atoms with Crippen molar-refractivity contribution in [1.82, 2.24) is 0 Å². The second kappa shape index (κ2) is 9.50. The third-order valence-electron chi connectivity index (χ3n) is 5.64. The van der Waals surface area contributed by atoms with E-state index in [1.807, 2.05) is 36.4 Å². The molecule has 1 heterocycles. The number of halogens is 2. The lowest BCUT2D eigenvalue weighted by Gasteiger charge is -2.13. The molecule has 182 valence electrons. The Kier molecular flexibility index (Phi) is 6.38. The summed E-state index contributed by atoms with van der Waals surface area (Å²) in [7, 11) is -4.13. The van der Waals surface area contributed by atoms with Crippen LogP contribution in [0.25, 0.3) is 33.1 Å². The van der Waals surface area contributed by atoms with Crippen LogP contribution in [0.3, 0.4) is 0 Å². The van der Waals surface area contributed by atoms with Crippen molar-refractivity contribution in [3.05, 3.63) is 94.5 Å². The quantitative estimate of drug-likeness (QED) is 0.225. The molecular weight excluding hydrogens is 521 g/mol. The molecule has 5 rings (SSSR count).